The summed E-state index contributed by atoms with van der Waals surface area (Å²) in [6, 6.07) is 9.25. The quantitative estimate of drug-likeness (QED) is 0.894. The number of carbonyl (C=O) groups is 2. The number of aromatic nitrogens is 2. The van der Waals surface area contributed by atoms with Crippen molar-refractivity contribution in [3.05, 3.63) is 47.7 Å². The van der Waals surface area contributed by atoms with E-state index in [9.17, 15) is 14.7 Å². The van der Waals surface area contributed by atoms with E-state index in [1.54, 1.807) is 6.07 Å². The molecule has 24 heavy (non-hydrogen) atoms. The zero-order valence-corrected chi connectivity index (χ0v) is 13.5. The number of carbonyl (C=O) groups excluding carboxylic acids is 1. The second-order valence-corrected chi connectivity index (χ2v) is 6.20. The molecule has 126 valence electrons. The summed E-state index contributed by atoms with van der Waals surface area (Å²) in [6.45, 7) is 3.55. The molecule has 1 aromatic carbocycles. The predicted molar refractivity (Wildman–Crippen MR) is 86.7 cm³/mol. The van der Waals surface area contributed by atoms with Gasteiger partial charge in [0.1, 0.15) is 0 Å². The van der Waals surface area contributed by atoms with E-state index >= 15 is 0 Å². The maximum atomic E-state index is 12.5. The Hall–Kier alpha value is -2.67. The topological polar surface area (TPSA) is 93.5 Å². The van der Waals surface area contributed by atoms with Gasteiger partial charge in [-0.25, -0.2) is 4.79 Å². The number of nitrogens with one attached hydrogen (secondary N) is 1. The molecule has 0 aliphatic carbocycles. The van der Waals surface area contributed by atoms with Crippen molar-refractivity contribution in [1.29, 1.82) is 0 Å². The smallest absolute Gasteiger partial charge is 0.331 e. The highest BCUT2D eigenvalue weighted by Crippen LogP contribution is 2.28. The molecular formula is C17H19N3O4. The summed E-state index contributed by atoms with van der Waals surface area (Å²) < 4.78 is 6.92. The Morgan fingerprint density at radius 3 is 2.83 bits per heavy atom. The Bertz CT molecular complexity index is 782. The highest BCUT2D eigenvalue weighted by atomic mass is 16.5. The van der Waals surface area contributed by atoms with Crippen molar-refractivity contribution in [2.75, 3.05) is 11.9 Å². The Morgan fingerprint density at radius 1 is 1.33 bits per heavy atom. The van der Waals surface area contributed by atoms with Crippen molar-refractivity contribution in [2.45, 2.75) is 31.9 Å². The standard InChI is InChI=1S/C17H19N3O4/c1-17(2,16(22)23)20-9-7-13(19-20)18-15(21)14-12-6-4-3-5-11(12)8-10-24-14/h3-7,9,14H,8,10H2,1-2H3,(H,22,23)(H,18,19,21). The Morgan fingerprint density at radius 2 is 2.08 bits per heavy atom. The monoisotopic (exact) mass is 329 g/mol. The molecule has 0 saturated heterocycles. The molecule has 1 aliphatic rings. The van der Waals surface area contributed by atoms with Crippen LogP contribution in [0.2, 0.25) is 0 Å². The van der Waals surface area contributed by atoms with Crippen LogP contribution in [-0.2, 0) is 26.3 Å². The number of carboxylic acid groups (broad SMARTS) is 1. The van der Waals surface area contributed by atoms with Gasteiger partial charge in [0.05, 0.1) is 6.61 Å². The zero-order chi connectivity index (χ0) is 17.3. The van der Waals surface area contributed by atoms with Crippen LogP contribution in [0.25, 0.3) is 0 Å². The highest BCUT2D eigenvalue weighted by molar-refractivity contribution is 5.94. The molecule has 7 heteroatoms. The van der Waals surface area contributed by atoms with E-state index in [0.29, 0.717) is 12.4 Å². The van der Waals surface area contributed by atoms with E-state index in [4.69, 9.17) is 4.74 Å². The fourth-order valence-electron chi connectivity index (χ4n) is 2.60. The summed E-state index contributed by atoms with van der Waals surface area (Å²) in [5.74, 6) is -1.03. The number of nitrogens with zero attached hydrogens (tertiary/aromatic N) is 2. The van der Waals surface area contributed by atoms with Crippen molar-refractivity contribution in [3.63, 3.8) is 0 Å². The summed E-state index contributed by atoms with van der Waals surface area (Å²) in [7, 11) is 0. The SMILES string of the molecule is CC(C)(C(=O)O)n1ccc(NC(=O)C2OCCc3ccccc32)n1. The van der Waals surface area contributed by atoms with Gasteiger partial charge < -0.3 is 15.2 Å². The second kappa shape index (κ2) is 6.09. The van der Waals surface area contributed by atoms with Crippen LogP contribution in [0.1, 0.15) is 31.1 Å². The van der Waals surface area contributed by atoms with Crippen molar-refractivity contribution in [1.82, 2.24) is 9.78 Å². The van der Waals surface area contributed by atoms with E-state index in [1.165, 1.54) is 24.7 Å². The number of benzene rings is 1. The zero-order valence-electron chi connectivity index (χ0n) is 13.5. The lowest BCUT2D eigenvalue weighted by atomic mass is 9.97. The lowest BCUT2D eigenvalue weighted by Gasteiger charge is -2.24. The van der Waals surface area contributed by atoms with E-state index in [0.717, 1.165) is 17.5 Å². The number of anilines is 1. The van der Waals surface area contributed by atoms with Gasteiger partial charge in [-0.15, -0.1) is 0 Å². The number of ether oxygens (including phenoxy) is 1. The molecular weight excluding hydrogens is 310 g/mol. The van der Waals surface area contributed by atoms with Gasteiger partial charge in [-0.05, 0) is 31.4 Å². The minimum atomic E-state index is -1.20. The molecule has 2 aromatic rings. The molecule has 1 aliphatic heterocycles. The van der Waals surface area contributed by atoms with Crippen LogP contribution >= 0.6 is 0 Å². The molecule has 2 heterocycles. The lowest BCUT2D eigenvalue weighted by molar-refractivity contribution is -0.146. The molecule has 0 radical (unpaired) electrons. The van der Waals surface area contributed by atoms with Gasteiger partial charge in [-0.1, -0.05) is 24.3 Å². The summed E-state index contributed by atoms with van der Waals surface area (Å²) in [4.78, 5) is 23.8. The average Bonchev–Trinajstić information content (AvgIpc) is 3.03. The Balaban J connectivity index is 1.77. The van der Waals surface area contributed by atoms with Crippen molar-refractivity contribution in [2.24, 2.45) is 0 Å². The summed E-state index contributed by atoms with van der Waals surface area (Å²) in [5, 5.41) is 16.1. The molecule has 0 saturated carbocycles. The lowest BCUT2D eigenvalue weighted by Crippen LogP contribution is -2.36. The third-order valence-electron chi connectivity index (χ3n) is 4.17. The van der Waals surface area contributed by atoms with E-state index in [1.807, 2.05) is 24.3 Å². The number of amides is 1. The minimum absolute atomic E-state index is 0.293. The maximum Gasteiger partial charge on any atom is 0.331 e. The van der Waals surface area contributed by atoms with Gasteiger partial charge in [0, 0.05) is 12.3 Å². The summed E-state index contributed by atoms with van der Waals surface area (Å²) in [5.41, 5.74) is 0.754. The number of hydrogen-bond acceptors (Lipinski definition) is 4. The highest BCUT2D eigenvalue weighted by Gasteiger charge is 2.31. The normalized spacial score (nSPS) is 17.2. The largest absolute Gasteiger partial charge is 0.479 e. The van der Waals surface area contributed by atoms with Gasteiger partial charge >= 0.3 is 5.97 Å². The van der Waals surface area contributed by atoms with Gasteiger partial charge in [0.2, 0.25) is 0 Å². The first-order chi connectivity index (χ1) is 11.4. The fourth-order valence-corrected chi connectivity index (χ4v) is 2.60. The number of aliphatic carboxylic acids is 1. The van der Waals surface area contributed by atoms with Crippen LogP contribution in [0.5, 0.6) is 0 Å². The number of rotatable bonds is 4. The van der Waals surface area contributed by atoms with E-state index in [-0.39, 0.29) is 5.91 Å². The maximum absolute atomic E-state index is 12.5. The van der Waals surface area contributed by atoms with Crippen molar-refractivity contribution >= 4 is 17.7 Å². The molecule has 1 amide bonds. The molecule has 1 unspecified atom stereocenters. The molecule has 7 nitrogen and oxygen atoms in total. The van der Waals surface area contributed by atoms with Crippen LogP contribution in [0.15, 0.2) is 36.5 Å². The van der Waals surface area contributed by atoms with Crippen LogP contribution < -0.4 is 5.32 Å². The van der Waals surface area contributed by atoms with Gasteiger partial charge in [0.15, 0.2) is 17.5 Å². The number of hydrogen-bond donors (Lipinski definition) is 2. The van der Waals surface area contributed by atoms with Crippen molar-refractivity contribution in [3.8, 4) is 0 Å². The van der Waals surface area contributed by atoms with Crippen LogP contribution in [0, 0.1) is 0 Å². The summed E-state index contributed by atoms with van der Waals surface area (Å²) >= 11 is 0. The fraction of sp³-hybridized carbons (Fsp3) is 0.353. The average molecular weight is 329 g/mol. The van der Waals surface area contributed by atoms with Gasteiger partial charge in [-0.2, -0.15) is 5.10 Å². The first-order valence-corrected chi connectivity index (χ1v) is 7.69. The van der Waals surface area contributed by atoms with Crippen molar-refractivity contribution < 1.29 is 19.4 Å². The Kier molecular flexibility index (Phi) is 4.11. The van der Waals surface area contributed by atoms with E-state index < -0.39 is 17.6 Å². The first-order valence-electron chi connectivity index (χ1n) is 7.69. The van der Waals surface area contributed by atoms with E-state index in [2.05, 4.69) is 10.4 Å². The minimum Gasteiger partial charge on any atom is -0.479 e. The van der Waals surface area contributed by atoms with Crippen LogP contribution in [0.4, 0.5) is 5.82 Å². The molecule has 0 fully saturated rings. The first kappa shape index (κ1) is 16.2. The predicted octanol–water partition coefficient (Wildman–Crippen LogP) is 1.96. The summed E-state index contributed by atoms with van der Waals surface area (Å²) in [6.07, 6.45) is 1.62. The van der Waals surface area contributed by atoms with Crippen LogP contribution in [-0.4, -0.2) is 33.4 Å². The number of carboxylic acids is 1. The third kappa shape index (κ3) is 2.90. The third-order valence-corrected chi connectivity index (χ3v) is 4.17. The molecule has 0 bridgehead atoms. The molecule has 1 atom stereocenters. The molecule has 1 aromatic heterocycles. The second-order valence-electron chi connectivity index (χ2n) is 6.20. The molecule has 0 spiro atoms. The number of fused-ring (bicyclic) bond motifs is 1. The molecule has 3 rings (SSSR count). The Labute approximate surface area is 139 Å². The van der Waals surface area contributed by atoms with Gasteiger partial charge in [-0.3, -0.25) is 9.48 Å². The van der Waals surface area contributed by atoms with Crippen LogP contribution in [0.3, 0.4) is 0 Å². The van der Waals surface area contributed by atoms with Gasteiger partial charge in [0.25, 0.3) is 5.91 Å². The molecule has 2 N–H and O–H groups in total.